The first kappa shape index (κ1) is 32.2. The van der Waals surface area contributed by atoms with Crippen LogP contribution in [0.3, 0.4) is 0 Å². The predicted molar refractivity (Wildman–Crippen MR) is 187 cm³/mol. The van der Waals surface area contributed by atoms with Crippen LogP contribution in [0, 0.1) is 43.4 Å². The Labute approximate surface area is 303 Å². The summed E-state index contributed by atoms with van der Waals surface area (Å²) in [6, 6.07) is 0. The number of nitrogens with zero attached hydrogens (tertiary/aromatic N) is 5. The van der Waals surface area contributed by atoms with Gasteiger partial charge in [0.25, 0.3) is 11.8 Å². The number of fused-ring (bicyclic) bond motifs is 1. The molecule has 13 nitrogen and oxygen atoms in total. The fraction of sp³-hybridized carbons (Fsp3) is 0.450. The van der Waals surface area contributed by atoms with E-state index < -0.39 is 35.6 Å². The van der Waals surface area contributed by atoms with E-state index in [1.807, 2.05) is 13.8 Å². The number of Topliss-reactive ketones (excluding diaryl/α,β-unsaturated/α-hetero) is 2. The second kappa shape index (κ2) is 10.1. The van der Waals surface area contributed by atoms with E-state index in [0.29, 0.717) is 27.1 Å². The molecule has 2 aromatic heterocycles. The van der Waals surface area contributed by atoms with Gasteiger partial charge in [0.1, 0.15) is 0 Å². The van der Waals surface area contributed by atoms with Gasteiger partial charge in [0.2, 0.25) is 5.71 Å². The van der Waals surface area contributed by atoms with Crippen molar-refractivity contribution in [3.05, 3.63) is 55.7 Å². The van der Waals surface area contributed by atoms with Gasteiger partial charge in [0.15, 0.2) is 34.6 Å². The third-order valence-electron chi connectivity index (χ3n) is 13.3. The molecule has 8 aliphatic rings. The molecule has 2 aromatic rings. The largest absolute Gasteiger partial charge is 0.552 e. The molecular weight excluding hydrogens is 678 g/mol. The molecule has 53 heavy (non-hydrogen) atoms. The molecule has 1 unspecified atom stereocenters. The molecule has 1 fully saturated rings. The normalized spacial score (nSPS) is 29.1. The zero-order chi connectivity index (χ0) is 37.3. The number of hydrogen-bond donors (Lipinski definition) is 0. The van der Waals surface area contributed by atoms with Gasteiger partial charge in [-0.2, -0.15) is 9.13 Å². The van der Waals surface area contributed by atoms with Crippen LogP contribution in [0.1, 0.15) is 103 Å². The number of rotatable bonds is 7. The number of esters is 1. The quantitative estimate of drug-likeness (QED) is 0.140. The van der Waals surface area contributed by atoms with Crippen LogP contribution in [-0.4, -0.2) is 77.2 Å². The van der Waals surface area contributed by atoms with E-state index in [2.05, 4.69) is 57.3 Å². The first-order chi connectivity index (χ1) is 25.3. The molecule has 0 aromatic carbocycles. The van der Waals surface area contributed by atoms with E-state index in [0.717, 1.165) is 57.1 Å². The van der Waals surface area contributed by atoms with Gasteiger partial charge in [-0.05, 0) is 44.7 Å². The monoisotopic (exact) mass is 717 g/mol. The van der Waals surface area contributed by atoms with E-state index in [9.17, 15) is 28.8 Å². The number of methoxy groups -OCH3 is 1. The first-order valence-corrected chi connectivity index (χ1v) is 18.5. The van der Waals surface area contributed by atoms with Crippen molar-refractivity contribution >= 4 is 70.5 Å². The third-order valence-corrected chi connectivity index (χ3v) is 13.3. The summed E-state index contributed by atoms with van der Waals surface area (Å²) in [5.74, 6) is -5.51. The Balaban J connectivity index is 1.30. The number of ether oxygens (including phenoxy) is 1. The number of aromatic nitrogens is 2. The van der Waals surface area contributed by atoms with Gasteiger partial charge < -0.3 is 9.57 Å². The Morgan fingerprint density at radius 3 is 2.23 bits per heavy atom. The zero-order valence-corrected chi connectivity index (χ0v) is 30.7. The van der Waals surface area contributed by atoms with E-state index >= 15 is 0 Å². The van der Waals surface area contributed by atoms with Crippen molar-refractivity contribution in [3.63, 3.8) is 0 Å². The predicted octanol–water partition coefficient (Wildman–Crippen LogP) is 2.11. The van der Waals surface area contributed by atoms with Crippen molar-refractivity contribution < 1.29 is 47.5 Å². The van der Waals surface area contributed by atoms with Crippen LogP contribution in [0.25, 0.3) is 23.8 Å². The molecule has 1 aliphatic carbocycles. The molecule has 6 atom stereocenters. The SMILES string of the molecule is CC[C@H]1C2=[N+]3C(=Cc4c(C(C)=O)c(C)c5n4C34n3c(c(C)c6c3=C(C3=[N+]4C(=C5)[C@@H](C)[C@@H]3CCC(=O)ON3C(=O)CCC3=O)[C@@H](C(=O)OC)C6=O)=C2)[C@@H]1C. The molecule has 0 bridgehead atoms. The number of ketones is 2. The van der Waals surface area contributed by atoms with Crippen molar-refractivity contribution in [1.82, 2.24) is 14.2 Å². The van der Waals surface area contributed by atoms with Crippen LogP contribution in [0.15, 0.2) is 11.4 Å². The van der Waals surface area contributed by atoms with Gasteiger partial charge in [-0.25, -0.2) is 4.79 Å². The second-order valence-corrected chi connectivity index (χ2v) is 15.6. The lowest BCUT2D eigenvalue weighted by Crippen LogP contribution is -2.70. The van der Waals surface area contributed by atoms with Gasteiger partial charge in [-0.1, -0.05) is 29.9 Å². The topological polar surface area (TPSA) is 140 Å². The van der Waals surface area contributed by atoms with Crippen LogP contribution < -0.4 is 10.7 Å². The zero-order valence-electron chi connectivity index (χ0n) is 30.7. The maximum Gasteiger partial charge on any atom is 0.552 e. The van der Waals surface area contributed by atoms with Crippen LogP contribution in [-0.2, 0) is 34.7 Å². The van der Waals surface area contributed by atoms with E-state index in [1.54, 1.807) is 6.92 Å². The summed E-state index contributed by atoms with van der Waals surface area (Å²) < 4.78 is 14.5. The molecule has 1 spiro atoms. The average Bonchev–Trinajstić information content (AvgIpc) is 3.92. The Morgan fingerprint density at radius 2 is 1.57 bits per heavy atom. The molecule has 7 aliphatic heterocycles. The highest BCUT2D eigenvalue weighted by molar-refractivity contribution is 6.34. The Bertz CT molecular complexity index is 2560. The van der Waals surface area contributed by atoms with Gasteiger partial charge in [-0.15, -0.1) is 5.06 Å². The van der Waals surface area contributed by atoms with Gasteiger partial charge in [0, 0.05) is 48.6 Å². The van der Waals surface area contributed by atoms with Crippen molar-refractivity contribution in [2.75, 3.05) is 7.11 Å². The highest BCUT2D eigenvalue weighted by atomic mass is 16.7. The summed E-state index contributed by atoms with van der Waals surface area (Å²) in [5.41, 5.74) is 8.96. The molecule has 0 saturated carbocycles. The molecule has 0 radical (unpaired) electrons. The summed E-state index contributed by atoms with van der Waals surface area (Å²) in [7, 11) is 1.29. The van der Waals surface area contributed by atoms with Gasteiger partial charge in [-0.3, -0.25) is 24.0 Å². The minimum absolute atomic E-state index is 0.00599. The highest BCUT2D eigenvalue weighted by Crippen LogP contribution is 2.55. The molecule has 10 rings (SSSR count). The molecule has 13 heteroatoms. The number of hydroxylamine groups is 2. The number of allylic oxidation sites excluding steroid dienone is 2. The molecular formula is C40H39N5O8+2. The number of carbonyl (C=O) groups is 6. The number of hydrogen-bond acceptors (Lipinski definition) is 8. The van der Waals surface area contributed by atoms with Gasteiger partial charge in [0.05, 0.1) is 58.4 Å². The van der Waals surface area contributed by atoms with E-state index in [4.69, 9.17) is 9.57 Å². The molecule has 9 heterocycles. The first-order valence-electron chi connectivity index (χ1n) is 18.5. The summed E-state index contributed by atoms with van der Waals surface area (Å²) in [5, 5.41) is 2.11. The van der Waals surface area contributed by atoms with Crippen LogP contribution in [0.5, 0.6) is 0 Å². The summed E-state index contributed by atoms with van der Waals surface area (Å²) in [6.07, 6.45) is 7.51. The summed E-state index contributed by atoms with van der Waals surface area (Å²) >= 11 is 0. The fourth-order valence-corrected chi connectivity index (χ4v) is 11.1. The number of amides is 2. The lowest BCUT2D eigenvalue weighted by atomic mass is 9.81. The third kappa shape index (κ3) is 3.41. The fourth-order valence-electron chi connectivity index (χ4n) is 11.1. The molecule has 2 amide bonds. The van der Waals surface area contributed by atoms with Crippen molar-refractivity contribution in [1.29, 1.82) is 0 Å². The lowest BCUT2D eigenvalue weighted by Gasteiger charge is -2.39. The Morgan fingerprint density at radius 1 is 0.906 bits per heavy atom. The van der Waals surface area contributed by atoms with E-state index in [-0.39, 0.29) is 60.9 Å². The smallest absolute Gasteiger partial charge is 0.468 e. The van der Waals surface area contributed by atoms with Crippen LogP contribution in [0.4, 0.5) is 0 Å². The molecule has 1 saturated heterocycles. The summed E-state index contributed by atoms with van der Waals surface area (Å²) in [4.78, 5) is 85.2. The van der Waals surface area contributed by atoms with Crippen LogP contribution in [0.2, 0.25) is 0 Å². The van der Waals surface area contributed by atoms with Crippen molar-refractivity contribution in [2.45, 2.75) is 79.6 Å². The second-order valence-electron chi connectivity index (χ2n) is 15.6. The molecule has 270 valence electrons. The number of carbonyl (C=O) groups excluding carboxylic acids is 6. The Kier molecular flexibility index (Phi) is 6.17. The van der Waals surface area contributed by atoms with E-state index in [1.165, 1.54) is 7.11 Å². The maximum atomic E-state index is 14.7. The standard InChI is InChI=1S/C40H39N5O8/c1-8-21-16(2)23-15-28-32(20(6)46)18(4)25-13-24-17(3)22(9-12-31(49)53-45-29(47)10-11-30(45)48)36-34-35(39(51)52-7)38(50)33-19(5)26-14-27(21)41(23)40(42(25)28,43(24)36)44(26)37(33)34/h13-17,21-22,35H,8-12H2,1-7H3/q+2/t16-,17+,21-,22+,35-,40?/m1/s1. The average molecular weight is 718 g/mol. The Hall–Kier alpha value is -5.46. The molecule has 0 N–H and O–H groups in total. The van der Waals surface area contributed by atoms with Crippen molar-refractivity contribution in [2.24, 2.45) is 29.6 Å². The van der Waals surface area contributed by atoms with Crippen molar-refractivity contribution in [3.8, 4) is 0 Å². The lowest BCUT2D eigenvalue weighted by molar-refractivity contribution is -0.837. The minimum Gasteiger partial charge on any atom is -0.468 e. The summed E-state index contributed by atoms with van der Waals surface area (Å²) in [6.45, 7) is 12.1. The van der Waals surface area contributed by atoms with Crippen LogP contribution >= 0.6 is 0 Å². The maximum absolute atomic E-state index is 14.7. The highest BCUT2D eigenvalue weighted by Gasteiger charge is 2.77. The van der Waals surface area contributed by atoms with Gasteiger partial charge >= 0.3 is 17.8 Å². The number of imide groups is 1. The minimum atomic E-state index is -1.21.